The Bertz CT molecular complexity index is 497. The van der Waals surface area contributed by atoms with Crippen molar-refractivity contribution in [1.29, 1.82) is 0 Å². The molecule has 1 aromatic carbocycles. The van der Waals surface area contributed by atoms with Gasteiger partial charge in [-0.15, -0.1) is 0 Å². The maximum Gasteiger partial charge on any atom is 0.223 e. The second-order valence-corrected chi connectivity index (χ2v) is 5.85. The lowest BCUT2D eigenvalue weighted by Crippen LogP contribution is -2.51. The fourth-order valence-corrected chi connectivity index (χ4v) is 3.37. The average Bonchev–Trinajstić information content (AvgIpc) is 3.01. The number of carbonyl (C=O) groups excluding carboxylic acids is 1. The average molecular weight is 285 g/mol. The molecule has 3 nitrogen and oxygen atoms in total. The van der Waals surface area contributed by atoms with E-state index < -0.39 is 0 Å². The van der Waals surface area contributed by atoms with Crippen molar-refractivity contribution in [3.8, 4) is 0 Å². The van der Waals surface area contributed by atoms with Crippen molar-refractivity contribution in [3.05, 3.63) is 42.0 Å². The van der Waals surface area contributed by atoms with Crippen LogP contribution in [0.15, 0.2) is 36.4 Å². The van der Waals surface area contributed by atoms with E-state index in [4.69, 9.17) is 4.74 Å². The van der Waals surface area contributed by atoms with Gasteiger partial charge in [0.2, 0.25) is 5.91 Å². The van der Waals surface area contributed by atoms with E-state index in [0.717, 1.165) is 25.8 Å². The van der Waals surface area contributed by atoms with Crippen molar-refractivity contribution in [3.63, 3.8) is 0 Å². The molecule has 2 atom stereocenters. The third-order valence-corrected chi connectivity index (χ3v) is 4.44. The Kier molecular flexibility index (Phi) is 4.71. The molecule has 3 heteroatoms. The summed E-state index contributed by atoms with van der Waals surface area (Å²) in [5, 5.41) is 0. The van der Waals surface area contributed by atoms with Crippen molar-refractivity contribution >= 4 is 12.0 Å². The number of morpholine rings is 1. The van der Waals surface area contributed by atoms with E-state index in [9.17, 15) is 4.79 Å². The molecule has 1 saturated carbocycles. The van der Waals surface area contributed by atoms with Crippen molar-refractivity contribution in [2.24, 2.45) is 0 Å². The van der Waals surface area contributed by atoms with Crippen molar-refractivity contribution < 1.29 is 9.53 Å². The van der Waals surface area contributed by atoms with Crippen LogP contribution in [0.5, 0.6) is 0 Å². The lowest BCUT2D eigenvalue weighted by Gasteiger charge is -2.37. The number of hydrogen-bond acceptors (Lipinski definition) is 2. The molecule has 1 aromatic rings. The zero-order chi connectivity index (χ0) is 14.5. The highest BCUT2D eigenvalue weighted by Crippen LogP contribution is 2.30. The Morgan fingerprint density at radius 1 is 1.29 bits per heavy atom. The van der Waals surface area contributed by atoms with Gasteiger partial charge in [-0.2, -0.15) is 0 Å². The molecule has 1 aliphatic carbocycles. The number of allylic oxidation sites excluding steroid dienone is 1. The summed E-state index contributed by atoms with van der Waals surface area (Å²) < 4.78 is 5.76. The maximum atomic E-state index is 12.4. The first-order valence-electron chi connectivity index (χ1n) is 7.97. The van der Waals surface area contributed by atoms with Crippen LogP contribution in [-0.4, -0.2) is 36.1 Å². The molecule has 1 heterocycles. The van der Waals surface area contributed by atoms with E-state index >= 15 is 0 Å². The number of amides is 1. The molecule has 0 unspecified atom stereocenters. The van der Waals surface area contributed by atoms with E-state index in [2.05, 4.69) is 29.2 Å². The van der Waals surface area contributed by atoms with E-state index in [1.54, 1.807) is 0 Å². The number of rotatable bonds is 4. The number of carbonyl (C=O) groups is 1. The van der Waals surface area contributed by atoms with E-state index in [-0.39, 0.29) is 5.91 Å². The number of hydrogen-bond donors (Lipinski definition) is 0. The summed E-state index contributed by atoms with van der Waals surface area (Å²) in [6.07, 6.45) is 9.30. The molecule has 21 heavy (non-hydrogen) atoms. The van der Waals surface area contributed by atoms with Gasteiger partial charge in [0.1, 0.15) is 0 Å². The summed E-state index contributed by atoms with van der Waals surface area (Å²) in [5.41, 5.74) is 1.19. The Labute approximate surface area is 126 Å². The van der Waals surface area contributed by atoms with Crippen LogP contribution < -0.4 is 0 Å². The highest BCUT2D eigenvalue weighted by atomic mass is 16.5. The van der Waals surface area contributed by atoms with Crippen LogP contribution >= 0.6 is 0 Å². The number of fused-ring (bicyclic) bond motifs is 1. The first-order valence-corrected chi connectivity index (χ1v) is 7.97. The smallest absolute Gasteiger partial charge is 0.223 e. The molecule has 0 spiro atoms. The van der Waals surface area contributed by atoms with Crippen LogP contribution in [-0.2, 0) is 9.53 Å². The molecule has 112 valence electrons. The van der Waals surface area contributed by atoms with Crippen LogP contribution in [0, 0.1) is 0 Å². The van der Waals surface area contributed by atoms with Crippen molar-refractivity contribution in [2.75, 3.05) is 13.2 Å². The van der Waals surface area contributed by atoms with Gasteiger partial charge in [-0.05, 0) is 31.2 Å². The standard InChI is InChI=1S/C18H23NO2/c20-18(12-5-4-9-15-7-2-1-3-8-15)19-13-14-21-17-11-6-10-16(17)19/h1-4,7-9,16-17H,5-6,10-14H2/b9-4-/t16-,17+/m0/s1. The zero-order valence-corrected chi connectivity index (χ0v) is 12.4. The molecule has 1 saturated heterocycles. The summed E-state index contributed by atoms with van der Waals surface area (Å²) >= 11 is 0. The minimum atomic E-state index is 0.285. The van der Waals surface area contributed by atoms with Crippen LogP contribution in [0.1, 0.15) is 37.7 Å². The minimum Gasteiger partial charge on any atom is -0.374 e. The largest absolute Gasteiger partial charge is 0.374 e. The van der Waals surface area contributed by atoms with Crippen molar-refractivity contribution in [2.45, 2.75) is 44.2 Å². The number of ether oxygens (including phenoxy) is 1. The molecule has 0 aromatic heterocycles. The Balaban J connectivity index is 1.49. The number of nitrogens with zero attached hydrogens (tertiary/aromatic N) is 1. The van der Waals surface area contributed by atoms with Crippen LogP contribution in [0.3, 0.4) is 0 Å². The Hall–Kier alpha value is -1.61. The van der Waals surface area contributed by atoms with Crippen molar-refractivity contribution in [1.82, 2.24) is 4.90 Å². The van der Waals surface area contributed by atoms with Gasteiger partial charge in [0.05, 0.1) is 18.8 Å². The third-order valence-electron chi connectivity index (χ3n) is 4.44. The quantitative estimate of drug-likeness (QED) is 0.850. The van der Waals surface area contributed by atoms with Gasteiger partial charge in [0.25, 0.3) is 0 Å². The molecule has 2 fully saturated rings. The fourth-order valence-electron chi connectivity index (χ4n) is 3.37. The second kappa shape index (κ2) is 6.90. The first kappa shape index (κ1) is 14.3. The van der Waals surface area contributed by atoms with Crippen LogP contribution in [0.25, 0.3) is 6.08 Å². The van der Waals surface area contributed by atoms with E-state index in [1.807, 2.05) is 18.2 Å². The number of benzene rings is 1. The van der Waals surface area contributed by atoms with Gasteiger partial charge in [-0.25, -0.2) is 0 Å². The highest BCUT2D eigenvalue weighted by molar-refractivity contribution is 5.77. The summed E-state index contributed by atoms with van der Waals surface area (Å²) in [7, 11) is 0. The molecular weight excluding hydrogens is 262 g/mol. The SMILES string of the molecule is O=C(CC/C=C\c1ccccc1)N1CCO[C@@H]2CCC[C@@H]21. The molecule has 0 bridgehead atoms. The second-order valence-electron chi connectivity index (χ2n) is 5.85. The molecule has 1 aliphatic heterocycles. The lowest BCUT2D eigenvalue weighted by molar-refractivity contribution is -0.143. The zero-order valence-electron chi connectivity index (χ0n) is 12.4. The maximum absolute atomic E-state index is 12.4. The molecular formula is C18H23NO2. The first-order chi connectivity index (χ1) is 10.3. The predicted octanol–water partition coefficient (Wildman–Crippen LogP) is 3.26. The fraction of sp³-hybridized carbons (Fsp3) is 0.500. The van der Waals surface area contributed by atoms with Gasteiger partial charge in [0, 0.05) is 13.0 Å². The van der Waals surface area contributed by atoms with E-state index in [1.165, 1.54) is 12.0 Å². The topological polar surface area (TPSA) is 29.5 Å². The lowest BCUT2D eigenvalue weighted by atomic mass is 10.1. The van der Waals surface area contributed by atoms with Gasteiger partial charge in [0.15, 0.2) is 0 Å². The normalized spacial score (nSPS) is 25.2. The van der Waals surface area contributed by atoms with Crippen LogP contribution in [0.4, 0.5) is 0 Å². The summed E-state index contributed by atoms with van der Waals surface area (Å²) in [6.45, 7) is 1.47. The summed E-state index contributed by atoms with van der Waals surface area (Å²) in [4.78, 5) is 14.5. The van der Waals surface area contributed by atoms with E-state index in [0.29, 0.717) is 25.2 Å². The Morgan fingerprint density at radius 2 is 2.14 bits per heavy atom. The summed E-state index contributed by atoms with van der Waals surface area (Å²) in [6, 6.07) is 10.5. The van der Waals surface area contributed by atoms with Gasteiger partial charge in [-0.1, -0.05) is 42.5 Å². The summed E-state index contributed by atoms with van der Waals surface area (Å²) in [5.74, 6) is 0.285. The van der Waals surface area contributed by atoms with Gasteiger partial charge in [-0.3, -0.25) is 4.79 Å². The molecule has 2 aliphatic rings. The van der Waals surface area contributed by atoms with Gasteiger partial charge >= 0.3 is 0 Å². The molecule has 0 N–H and O–H groups in total. The van der Waals surface area contributed by atoms with Crippen LogP contribution in [0.2, 0.25) is 0 Å². The predicted molar refractivity (Wildman–Crippen MR) is 83.8 cm³/mol. The highest BCUT2D eigenvalue weighted by Gasteiger charge is 2.37. The molecule has 3 rings (SSSR count). The van der Waals surface area contributed by atoms with Gasteiger partial charge < -0.3 is 9.64 Å². The molecule has 1 amide bonds. The monoisotopic (exact) mass is 285 g/mol. The third kappa shape index (κ3) is 3.53. The minimum absolute atomic E-state index is 0.285. The molecule has 0 radical (unpaired) electrons. The Morgan fingerprint density at radius 3 is 3.00 bits per heavy atom.